The van der Waals surface area contributed by atoms with Crippen LogP contribution in [0.25, 0.3) is 0 Å². The van der Waals surface area contributed by atoms with Crippen LogP contribution in [-0.4, -0.2) is 18.9 Å². The van der Waals surface area contributed by atoms with E-state index in [1.165, 1.54) is 19.2 Å². The Morgan fingerprint density at radius 1 is 0.889 bits per heavy atom. The zero-order chi connectivity index (χ0) is 19.6. The fourth-order valence-corrected chi connectivity index (χ4v) is 2.66. The first-order valence-electron chi connectivity index (χ1n) is 8.21. The van der Waals surface area contributed by atoms with Crippen molar-refractivity contribution < 1.29 is 27.5 Å². The zero-order valence-electron chi connectivity index (χ0n) is 14.3. The Bertz CT molecular complexity index is 833. The molecule has 1 saturated carbocycles. The van der Waals surface area contributed by atoms with E-state index in [-0.39, 0.29) is 17.5 Å². The van der Waals surface area contributed by atoms with Crippen LogP contribution < -0.4 is 15.4 Å². The molecule has 0 bridgehead atoms. The molecule has 8 heteroatoms. The monoisotopic (exact) mass is 378 g/mol. The maximum Gasteiger partial charge on any atom is 0.416 e. The minimum Gasteiger partial charge on any atom is -0.497 e. The molecule has 2 aromatic rings. The number of nitrogens with one attached hydrogen (secondary N) is 2. The van der Waals surface area contributed by atoms with Gasteiger partial charge in [0.2, 0.25) is 11.8 Å². The average molecular weight is 378 g/mol. The first-order chi connectivity index (χ1) is 12.8. The molecular weight excluding hydrogens is 361 g/mol. The summed E-state index contributed by atoms with van der Waals surface area (Å²) >= 11 is 0. The van der Waals surface area contributed by atoms with E-state index in [1.54, 1.807) is 24.3 Å². The maximum atomic E-state index is 12.5. The number of benzene rings is 2. The van der Waals surface area contributed by atoms with E-state index in [4.69, 9.17) is 4.74 Å². The molecule has 27 heavy (non-hydrogen) atoms. The fourth-order valence-electron chi connectivity index (χ4n) is 2.66. The summed E-state index contributed by atoms with van der Waals surface area (Å²) in [5, 5.41) is 5.27. The number of anilines is 2. The number of ether oxygens (including phenoxy) is 1. The van der Waals surface area contributed by atoms with E-state index in [1.807, 2.05) is 0 Å². The second-order valence-electron chi connectivity index (χ2n) is 6.23. The number of hydrogen-bond acceptors (Lipinski definition) is 3. The normalized spacial score (nSPS) is 18.5. The van der Waals surface area contributed by atoms with Crippen LogP contribution in [-0.2, 0) is 15.8 Å². The number of methoxy groups -OCH3 is 1. The fraction of sp³-hybridized carbons (Fsp3) is 0.263. The third-order valence-corrected chi connectivity index (χ3v) is 4.30. The molecule has 2 atom stereocenters. The molecule has 2 aromatic carbocycles. The summed E-state index contributed by atoms with van der Waals surface area (Å²) in [6.07, 6.45) is -4.03. The summed E-state index contributed by atoms with van der Waals surface area (Å²) in [7, 11) is 1.54. The van der Waals surface area contributed by atoms with Crippen LogP contribution in [0.3, 0.4) is 0 Å². The molecule has 5 nitrogen and oxygen atoms in total. The smallest absolute Gasteiger partial charge is 0.416 e. The number of amides is 2. The Hall–Kier alpha value is -3.03. The summed E-state index contributed by atoms with van der Waals surface area (Å²) in [5.41, 5.74) is 0.0625. The van der Waals surface area contributed by atoms with Crippen LogP contribution in [0.1, 0.15) is 12.0 Å². The second kappa shape index (κ2) is 7.30. The number of hydrogen-bond donors (Lipinski definition) is 2. The van der Waals surface area contributed by atoms with Crippen molar-refractivity contribution in [2.45, 2.75) is 12.6 Å². The lowest BCUT2D eigenvalue weighted by atomic mass is 10.2. The molecular formula is C19H17F3N2O3. The standard InChI is InChI=1S/C19H17F3N2O3/c1-27-14-8-6-13(7-9-14)24-18(26)16-10-15(16)17(25)23-12-4-2-11(3-5-12)19(20,21)22/h2-9,15-16H,10H2,1H3,(H,23,25)(H,24,26). The number of carbonyl (C=O) groups excluding carboxylic acids is 2. The third-order valence-electron chi connectivity index (χ3n) is 4.30. The van der Waals surface area contributed by atoms with E-state index in [9.17, 15) is 22.8 Å². The molecule has 3 rings (SSSR count). The SMILES string of the molecule is COc1ccc(NC(=O)C2CC2C(=O)Nc2ccc(C(F)(F)F)cc2)cc1. The van der Waals surface area contributed by atoms with Gasteiger partial charge in [0.1, 0.15) is 5.75 Å². The van der Waals surface area contributed by atoms with Gasteiger partial charge in [-0.2, -0.15) is 13.2 Å². The highest BCUT2D eigenvalue weighted by Crippen LogP contribution is 2.40. The van der Waals surface area contributed by atoms with E-state index in [0.717, 1.165) is 12.1 Å². The molecule has 0 radical (unpaired) electrons. The van der Waals surface area contributed by atoms with Crippen LogP contribution in [0, 0.1) is 11.8 Å². The lowest BCUT2D eigenvalue weighted by molar-refractivity contribution is -0.137. The first-order valence-corrected chi connectivity index (χ1v) is 8.21. The minimum atomic E-state index is -4.43. The molecule has 0 spiro atoms. The predicted molar refractivity (Wildman–Crippen MR) is 93.3 cm³/mol. The lowest BCUT2D eigenvalue weighted by Crippen LogP contribution is -2.20. The molecule has 2 N–H and O–H groups in total. The second-order valence-corrected chi connectivity index (χ2v) is 6.23. The highest BCUT2D eigenvalue weighted by molar-refractivity contribution is 6.03. The number of carbonyl (C=O) groups is 2. The number of halogens is 3. The van der Waals surface area contributed by atoms with Gasteiger partial charge in [0.25, 0.3) is 0 Å². The van der Waals surface area contributed by atoms with Gasteiger partial charge < -0.3 is 15.4 Å². The van der Waals surface area contributed by atoms with Gasteiger partial charge in [-0.3, -0.25) is 9.59 Å². The van der Waals surface area contributed by atoms with Gasteiger partial charge in [-0.15, -0.1) is 0 Å². The average Bonchev–Trinajstić information content (AvgIpc) is 3.43. The molecule has 0 saturated heterocycles. The van der Waals surface area contributed by atoms with Gasteiger partial charge >= 0.3 is 6.18 Å². The van der Waals surface area contributed by atoms with Gasteiger partial charge in [0.15, 0.2) is 0 Å². The van der Waals surface area contributed by atoms with Crippen molar-refractivity contribution >= 4 is 23.2 Å². The quantitative estimate of drug-likeness (QED) is 0.829. The molecule has 1 aliphatic carbocycles. The Balaban J connectivity index is 1.52. The zero-order valence-corrected chi connectivity index (χ0v) is 14.3. The Labute approximate surface area is 153 Å². The summed E-state index contributed by atoms with van der Waals surface area (Å²) < 4.78 is 42.7. The molecule has 2 amide bonds. The van der Waals surface area contributed by atoms with Crippen molar-refractivity contribution in [3.63, 3.8) is 0 Å². The lowest BCUT2D eigenvalue weighted by Gasteiger charge is -2.09. The van der Waals surface area contributed by atoms with Crippen LogP contribution in [0.4, 0.5) is 24.5 Å². The van der Waals surface area contributed by atoms with E-state index < -0.39 is 23.6 Å². The highest BCUT2D eigenvalue weighted by Gasteiger charge is 2.48. The molecule has 2 unspecified atom stereocenters. The molecule has 1 fully saturated rings. The van der Waals surface area contributed by atoms with Crippen LogP contribution in [0.2, 0.25) is 0 Å². The van der Waals surface area contributed by atoms with Crippen molar-refractivity contribution in [2.24, 2.45) is 11.8 Å². The van der Waals surface area contributed by atoms with Crippen molar-refractivity contribution in [2.75, 3.05) is 17.7 Å². The predicted octanol–water partition coefficient (Wildman–Crippen LogP) is 3.93. The van der Waals surface area contributed by atoms with E-state index >= 15 is 0 Å². The maximum absolute atomic E-state index is 12.5. The largest absolute Gasteiger partial charge is 0.497 e. The summed E-state index contributed by atoms with van der Waals surface area (Å²) in [5.74, 6) is -0.947. The molecule has 0 aromatic heterocycles. The molecule has 1 aliphatic rings. The van der Waals surface area contributed by atoms with Gasteiger partial charge in [-0.05, 0) is 55.0 Å². The van der Waals surface area contributed by atoms with Crippen LogP contribution in [0.5, 0.6) is 5.75 Å². The Morgan fingerprint density at radius 3 is 1.74 bits per heavy atom. The van der Waals surface area contributed by atoms with Gasteiger partial charge in [0, 0.05) is 11.4 Å². The minimum absolute atomic E-state index is 0.259. The first kappa shape index (κ1) is 18.8. The van der Waals surface area contributed by atoms with Crippen molar-refractivity contribution in [1.82, 2.24) is 0 Å². The summed E-state index contributed by atoms with van der Waals surface area (Å²) in [6.45, 7) is 0. The number of alkyl halides is 3. The van der Waals surface area contributed by atoms with E-state index in [2.05, 4.69) is 10.6 Å². The van der Waals surface area contributed by atoms with E-state index in [0.29, 0.717) is 17.9 Å². The van der Waals surface area contributed by atoms with Gasteiger partial charge in [0.05, 0.1) is 24.5 Å². The number of rotatable bonds is 5. The summed E-state index contributed by atoms with van der Waals surface area (Å²) in [6, 6.07) is 11.0. The van der Waals surface area contributed by atoms with Crippen molar-refractivity contribution in [1.29, 1.82) is 0 Å². The van der Waals surface area contributed by atoms with Crippen molar-refractivity contribution in [3.05, 3.63) is 54.1 Å². The molecule has 142 valence electrons. The topological polar surface area (TPSA) is 67.4 Å². The Morgan fingerprint density at radius 2 is 1.33 bits per heavy atom. The Kier molecular flexibility index (Phi) is 5.07. The molecule has 0 aliphatic heterocycles. The molecule has 0 heterocycles. The van der Waals surface area contributed by atoms with Gasteiger partial charge in [-0.25, -0.2) is 0 Å². The summed E-state index contributed by atoms with van der Waals surface area (Å²) in [4.78, 5) is 24.4. The van der Waals surface area contributed by atoms with Gasteiger partial charge in [-0.1, -0.05) is 0 Å². The van der Waals surface area contributed by atoms with Crippen molar-refractivity contribution in [3.8, 4) is 5.75 Å². The highest BCUT2D eigenvalue weighted by atomic mass is 19.4. The third kappa shape index (κ3) is 4.58. The van der Waals surface area contributed by atoms with Crippen LogP contribution >= 0.6 is 0 Å². The van der Waals surface area contributed by atoms with Crippen LogP contribution in [0.15, 0.2) is 48.5 Å².